The van der Waals surface area contributed by atoms with Crippen LogP contribution < -0.4 is 7.16 Å². The van der Waals surface area contributed by atoms with E-state index in [0.29, 0.717) is 47.3 Å². The Kier molecular flexibility index (Phi) is 19.6. The molecule has 0 heterocycles. The molecule has 0 saturated carbocycles. The normalized spacial score (nSPS) is 12.0. The van der Waals surface area contributed by atoms with Crippen molar-refractivity contribution in [2.45, 2.75) is 181 Å². The summed E-state index contributed by atoms with van der Waals surface area (Å²) in [5, 5.41) is 0. The fraction of sp³-hybridized carbons (Fsp3) is 0.438. The predicted octanol–water partition coefficient (Wildman–Crippen LogP) is 18.6. The van der Waals surface area contributed by atoms with Gasteiger partial charge in [0.25, 0.3) is 0 Å². The topological polar surface area (TPSA) is 0 Å². The van der Waals surface area contributed by atoms with E-state index in [4.69, 9.17) is 0 Å². The summed E-state index contributed by atoms with van der Waals surface area (Å²) >= 11 is -0.405. The molecule has 0 amide bonds. The molecule has 0 aromatic heterocycles. The number of rotatable bonds is 15. The summed E-state index contributed by atoms with van der Waals surface area (Å²) < 4.78 is 5.94. The molecule has 0 aliphatic rings. The van der Waals surface area contributed by atoms with Crippen LogP contribution in [-0.2, 0) is 0 Å². The van der Waals surface area contributed by atoms with Gasteiger partial charge in [0, 0.05) is 0 Å². The Morgan fingerprint density at radius 2 is 0.485 bits per heavy atom. The molecule has 6 rings (SSSR count). The molecule has 2 heteroatoms. The van der Waals surface area contributed by atoms with Crippen molar-refractivity contribution in [2.75, 3.05) is 0 Å². The monoisotopic (exact) mass is 1090 g/mol. The first kappa shape index (κ1) is 53.9. The fourth-order valence-electron chi connectivity index (χ4n) is 10.4. The molecular formula is C64H84Sn2. The van der Waals surface area contributed by atoms with Crippen LogP contribution in [0.5, 0.6) is 0 Å². The van der Waals surface area contributed by atoms with Gasteiger partial charge in [0.1, 0.15) is 0 Å². The van der Waals surface area contributed by atoms with Gasteiger partial charge in [-0.1, -0.05) is 0 Å². The van der Waals surface area contributed by atoms with Gasteiger partial charge in [-0.15, -0.1) is 0 Å². The molecule has 0 saturated heterocycles. The summed E-state index contributed by atoms with van der Waals surface area (Å²) in [6.45, 7) is 42.3. The average Bonchev–Trinajstić information content (AvgIpc) is 3.28. The Bertz CT molecular complexity index is 2270. The fourth-order valence-corrected chi connectivity index (χ4v) is 18.4. The van der Waals surface area contributed by atoms with E-state index >= 15 is 0 Å². The second kappa shape index (κ2) is 24.0. The molecule has 0 bridgehead atoms. The predicted molar refractivity (Wildman–Crippen MR) is 299 cm³/mol. The quantitative estimate of drug-likeness (QED) is 0.0899. The van der Waals surface area contributed by atoms with E-state index < -0.39 is 19.8 Å². The Hall–Kier alpha value is -3.08. The summed E-state index contributed by atoms with van der Waals surface area (Å²) in [4.78, 5) is 0. The van der Waals surface area contributed by atoms with Crippen molar-refractivity contribution in [3.63, 3.8) is 0 Å². The van der Waals surface area contributed by atoms with Gasteiger partial charge in [-0.05, 0) is 0 Å². The maximum absolute atomic E-state index is 2.46. The molecule has 0 aliphatic carbocycles. The van der Waals surface area contributed by atoms with E-state index in [0.717, 1.165) is 0 Å². The number of benzene rings is 6. The molecule has 0 nitrogen and oxygen atoms in total. The third kappa shape index (κ3) is 11.7. The van der Waals surface area contributed by atoms with Crippen molar-refractivity contribution < 1.29 is 0 Å². The summed E-state index contributed by atoms with van der Waals surface area (Å²) in [6.07, 6.45) is 0. The first-order valence-electron chi connectivity index (χ1n) is 25.6. The Labute approximate surface area is 425 Å². The minimum absolute atomic E-state index is 0.502. The van der Waals surface area contributed by atoms with Crippen LogP contribution in [0.3, 0.4) is 0 Å². The van der Waals surface area contributed by atoms with E-state index in [1.807, 2.05) is 0 Å². The van der Waals surface area contributed by atoms with Gasteiger partial charge < -0.3 is 0 Å². The van der Waals surface area contributed by atoms with Gasteiger partial charge >= 0.3 is 428 Å². The van der Waals surface area contributed by atoms with Crippen molar-refractivity contribution in [3.05, 3.63) is 154 Å². The van der Waals surface area contributed by atoms with Crippen LogP contribution in [0.25, 0.3) is 44.5 Å². The zero-order chi connectivity index (χ0) is 48.7. The summed E-state index contributed by atoms with van der Waals surface area (Å²) in [7, 11) is 0. The number of hydrogen-bond donors (Lipinski definition) is 0. The molecule has 66 heavy (non-hydrogen) atoms. The summed E-state index contributed by atoms with van der Waals surface area (Å²) in [5.41, 5.74) is 23.8. The maximum atomic E-state index is 2.46. The van der Waals surface area contributed by atoms with Crippen LogP contribution in [0.4, 0.5) is 0 Å². The zero-order valence-electron chi connectivity index (χ0n) is 44.4. The van der Waals surface area contributed by atoms with Crippen molar-refractivity contribution in [1.29, 1.82) is 0 Å². The molecule has 6 aromatic rings. The van der Waals surface area contributed by atoms with E-state index in [2.05, 4.69) is 234 Å². The van der Waals surface area contributed by atoms with Crippen LogP contribution in [0, 0.1) is 0 Å². The first-order valence-corrected chi connectivity index (χ1v) is 32.5. The molecule has 0 atom stereocenters. The van der Waals surface area contributed by atoms with Crippen LogP contribution in [0.2, 0.25) is 8.87 Å². The molecular weight excluding hydrogens is 1010 g/mol. The van der Waals surface area contributed by atoms with E-state index in [-0.39, 0.29) is 0 Å². The SMILES string of the molecule is CC(C)c1cccc(C(C)C)c1-c1cccc(-c2c(C(C)C)cccc2C(C)C)[c]1[Sn].C[CH2][Sn]([CH2]C)[c]1c(-c2c(C(C)C)cccc2C(C)C)cccc1-c1c(C(C)C)cccc1C(C)C. The van der Waals surface area contributed by atoms with Gasteiger partial charge in [0.2, 0.25) is 0 Å². The first-order chi connectivity index (χ1) is 31.3. The molecule has 6 aromatic carbocycles. The zero-order valence-corrected chi connectivity index (χ0v) is 50.1. The molecule has 0 aliphatic heterocycles. The van der Waals surface area contributed by atoms with Crippen LogP contribution >= 0.6 is 0 Å². The van der Waals surface area contributed by atoms with Crippen molar-refractivity contribution in [2.24, 2.45) is 0 Å². The minimum atomic E-state index is -1.89. The van der Waals surface area contributed by atoms with Gasteiger partial charge in [-0.2, -0.15) is 0 Å². The van der Waals surface area contributed by atoms with E-state index in [9.17, 15) is 0 Å². The Balaban J connectivity index is 0.000000249. The van der Waals surface area contributed by atoms with E-state index in [1.165, 1.54) is 113 Å². The molecule has 0 fully saturated rings. The van der Waals surface area contributed by atoms with Gasteiger partial charge in [-0.25, -0.2) is 0 Å². The van der Waals surface area contributed by atoms with E-state index in [1.54, 1.807) is 14.7 Å². The van der Waals surface area contributed by atoms with Gasteiger partial charge in [-0.3, -0.25) is 0 Å². The second-order valence-electron chi connectivity index (χ2n) is 21.3. The van der Waals surface area contributed by atoms with Gasteiger partial charge in [0.05, 0.1) is 0 Å². The Morgan fingerprint density at radius 3 is 0.682 bits per heavy atom. The van der Waals surface area contributed by atoms with Crippen molar-refractivity contribution in [3.8, 4) is 44.5 Å². The van der Waals surface area contributed by atoms with Gasteiger partial charge in [0.15, 0.2) is 0 Å². The molecule has 0 unspecified atom stereocenters. The Morgan fingerprint density at radius 1 is 0.303 bits per heavy atom. The number of hydrogen-bond acceptors (Lipinski definition) is 0. The summed E-state index contributed by atoms with van der Waals surface area (Å²) in [6, 6.07) is 42.1. The molecule has 4 radical (unpaired) electrons. The molecule has 348 valence electrons. The molecule has 0 N–H and O–H groups in total. The standard InChI is InChI=1S/2C30H37.2C2H5.2Sn/c2*1-19(2)25-14-10-15-26(20(3)4)29(25)23-12-9-13-24(18-23)30-27(21(5)6)16-11-17-28(30)22(7)8;2*1-2;;/h2*9-17,19-22H,1-8H3;2*1H2,2H3;;. The van der Waals surface area contributed by atoms with Crippen LogP contribution in [0.15, 0.2) is 109 Å². The van der Waals surface area contributed by atoms with Crippen LogP contribution in [0.1, 0.15) is 216 Å². The average molecular weight is 1090 g/mol. The van der Waals surface area contributed by atoms with Crippen molar-refractivity contribution in [1.82, 2.24) is 0 Å². The van der Waals surface area contributed by atoms with Crippen LogP contribution in [-0.4, -0.2) is 42.3 Å². The van der Waals surface area contributed by atoms with Crippen molar-refractivity contribution >= 4 is 49.4 Å². The molecule has 0 spiro atoms. The third-order valence-electron chi connectivity index (χ3n) is 13.9. The second-order valence-corrected chi connectivity index (χ2v) is 31.6. The third-order valence-corrected chi connectivity index (χ3v) is 23.9. The summed E-state index contributed by atoms with van der Waals surface area (Å²) in [5.74, 6) is 4.02.